The first-order valence-corrected chi connectivity index (χ1v) is 17.5. The molecular formula is C36H49N5O4S. The number of carbonyl (C=O) groups excluding carboxylic acids is 2. The summed E-state index contributed by atoms with van der Waals surface area (Å²) in [5, 5.41) is 0. The number of anilines is 2. The largest absolute Gasteiger partial charge is 0.444 e. The maximum absolute atomic E-state index is 13.0. The number of rotatable bonds is 3. The van der Waals surface area contributed by atoms with Gasteiger partial charge in [0.2, 0.25) is 0 Å². The number of thiophene rings is 1. The van der Waals surface area contributed by atoms with Gasteiger partial charge in [-0.2, -0.15) is 0 Å². The van der Waals surface area contributed by atoms with Crippen LogP contribution in [0.4, 0.5) is 21.0 Å². The second-order valence-corrected chi connectivity index (χ2v) is 16.5. The first-order valence-electron chi connectivity index (χ1n) is 16.6. The van der Waals surface area contributed by atoms with Gasteiger partial charge in [0.25, 0.3) is 0 Å². The summed E-state index contributed by atoms with van der Waals surface area (Å²) in [5.74, 6) is 0. The Morgan fingerprint density at radius 1 is 0.783 bits per heavy atom. The predicted octanol–water partition coefficient (Wildman–Crippen LogP) is 7.56. The normalized spacial score (nSPS) is 20.9. The summed E-state index contributed by atoms with van der Waals surface area (Å²) in [6.45, 7) is 19.9. The van der Waals surface area contributed by atoms with E-state index in [1.165, 1.54) is 15.3 Å². The highest BCUT2D eigenvalue weighted by Crippen LogP contribution is 2.44. The molecule has 1 spiro atoms. The number of ether oxygens (including phenoxy) is 2. The maximum atomic E-state index is 13.0. The van der Waals surface area contributed by atoms with Gasteiger partial charge in [-0.15, -0.1) is 11.3 Å². The molecular weight excluding hydrogens is 598 g/mol. The van der Waals surface area contributed by atoms with E-state index < -0.39 is 11.2 Å². The van der Waals surface area contributed by atoms with Crippen LogP contribution in [0, 0.1) is 12.3 Å². The van der Waals surface area contributed by atoms with Crippen LogP contribution in [-0.2, 0) is 9.47 Å². The zero-order valence-electron chi connectivity index (χ0n) is 28.5. The molecule has 46 heavy (non-hydrogen) atoms. The number of piperazine rings is 1. The molecule has 3 fully saturated rings. The fourth-order valence-electron chi connectivity index (χ4n) is 6.99. The molecule has 1 unspecified atom stereocenters. The van der Waals surface area contributed by atoms with E-state index >= 15 is 0 Å². The molecule has 3 aromatic rings. The van der Waals surface area contributed by atoms with Gasteiger partial charge < -0.3 is 29.1 Å². The molecule has 0 saturated carbocycles. The van der Waals surface area contributed by atoms with E-state index in [9.17, 15) is 9.59 Å². The van der Waals surface area contributed by atoms with Crippen molar-refractivity contribution >= 4 is 45.1 Å². The number of amides is 2. The van der Waals surface area contributed by atoms with Gasteiger partial charge >= 0.3 is 12.2 Å². The zero-order valence-corrected chi connectivity index (χ0v) is 29.3. The topological polar surface area (TPSA) is 78.5 Å². The van der Waals surface area contributed by atoms with E-state index in [0.29, 0.717) is 13.1 Å². The van der Waals surface area contributed by atoms with Crippen LogP contribution in [0.3, 0.4) is 0 Å². The van der Waals surface area contributed by atoms with Crippen molar-refractivity contribution in [2.75, 3.05) is 62.2 Å². The van der Waals surface area contributed by atoms with Crippen LogP contribution >= 0.6 is 11.3 Å². The molecule has 5 heterocycles. The summed E-state index contributed by atoms with van der Waals surface area (Å²) in [7, 11) is 0. The van der Waals surface area contributed by atoms with E-state index in [1.54, 1.807) is 4.90 Å². The number of carbonyl (C=O) groups is 2. The lowest BCUT2D eigenvalue weighted by Gasteiger charge is -2.40. The standard InChI is InChI=1S/C36H49N5O4S/c1-25-21-29-31(46-25)30(40-16-14-36(23-40)13-8-15-41(24-36)33(43)45-35(5,6)7)22-28(37-29)26-9-11-27(12-10-26)38-17-19-39(20-18-38)32(42)44-34(2,3)4/h9-12,21-22H,8,13-20,23-24H2,1-7H3. The average molecular weight is 648 g/mol. The first-order chi connectivity index (χ1) is 21.7. The molecule has 3 aliphatic heterocycles. The average Bonchev–Trinajstić information content (AvgIpc) is 3.57. The quantitative estimate of drug-likeness (QED) is 0.290. The summed E-state index contributed by atoms with van der Waals surface area (Å²) < 4.78 is 12.5. The third-order valence-electron chi connectivity index (χ3n) is 9.13. The van der Waals surface area contributed by atoms with E-state index in [1.807, 2.05) is 57.8 Å². The summed E-state index contributed by atoms with van der Waals surface area (Å²) in [5.41, 5.74) is 4.59. The molecule has 3 saturated heterocycles. The Morgan fingerprint density at radius 3 is 2.09 bits per heavy atom. The fourth-order valence-corrected chi connectivity index (χ4v) is 7.98. The van der Waals surface area contributed by atoms with Gasteiger partial charge in [-0.1, -0.05) is 12.1 Å². The number of piperidine rings is 1. The highest BCUT2D eigenvalue weighted by atomic mass is 32.1. The van der Waals surface area contributed by atoms with Crippen molar-refractivity contribution in [3.8, 4) is 11.3 Å². The minimum atomic E-state index is -0.492. The number of aromatic nitrogens is 1. The minimum absolute atomic E-state index is 0.0758. The van der Waals surface area contributed by atoms with Crippen molar-refractivity contribution in [1.82, 2.24) is 14.8 Å². The summed E-state index contributed by atoms with van der Waals surface area (Å²) >= 11 is 1.81. The first kappa shape index (κ1) is 32.4. The second kappa shape index (κ2) is 12.2. The molecule has 2 amide bonds. The molecule has 1 aromatic carbocycles. The zero-order chi connectivity index (χ0) is 32.9. The Labute approximate surface area is 277 Å². The van der Waals surface area contributed by atoms with Crippen LogP contribution in [0.2, 0.25) is 0 Å². The highest BCUT2D eigenvalue weighted by Gasteiger charge is 2.44. The molecule has 0 bridgehead atoms. The van der Waals surface area contributed by atoms with E-state index in [2.05, 4.69) is 53.1 Å². The Kier molecular flexibility index (Phi) is 8.63. The Balaban J connectivity index is 1.17. The minimum Gasteiger partial charge on any atom is -0.444 e. The van der Waals surface area contributed by atoms with Gasteiger partial charge in [0.15, 0.2) is 0 Å². The number of fused-ring (bicyclic) bond motifs is 1. The lowest BCUT2D eigenvalue weighted by Crippen LogP contribution is -2.50. The molecule has 9 nitrogen and oxygen atoms in total. The van der Waals surface area contributed by atoms with Crippen LogP contribution < -0.4 is 9.80 Å². The van der Waals surface area contributed by atoms with Crippen molar-refractivity contribution in [3.05, 3.63) is 41.3 Å². The molecule has 10 heteroatoms. The Morgan fingerprint density at radius 2 is 1.43 bits per heavy atom. The molecule has 2 aromatic heterocycles. The van der Waals surface area contributed by atoms with E-state index in [-0.39, 0.29) is 17.6 Å². The summed E-state index contributed by atoms with van der Waals surface area (Å²) in [6, 6.07) is 13.1. The lowest BCUT2D eigenvalue weighted by molar-refractivity contribution is 0.00709. The molecule has 1 atom stereocenters. The third-order valence-corrected chi connectivity index (χ3v) is 10.2. The lowest BCUT2D eigenvalue weighted by atomic mass is 9.79. The molecule has 248 valence electrons. The molecule has 3 aliphatic rings. The third kappa shape index (κ3) is 7.22. The van der Waals surface area contributed by atoms with Gasteiger partial charge in [0, 0.05) is 73.9 Å². The van der Waals surface area contributed by atoms with Crippen LogP contribution in [0.5, 0.6) is 0 Å². The monoisotopic (exact) mass is 647 g/mol. The maximum Gasteiger partial charge on any atom is 0.410 e. The van der Waals surface area contributed by atoms with E-state index in [0.717, 1.165) is 81.0 Å². The number of nitrogens with zero attached hydrogens (tertiary/aromatic N) is 5. The van der Waals surface area contributed by atoms with Crippen LogP contribution in [0.25, 0.3) is 21.5 Å². The Bertz CT molecular complexity index is 1580. The SMILES string of the molecule is Cc1cc2nc(-c3ccc(N4CCN(C(=O)OC(C)(C)C)CC4)cc3)cc(N3CCC4(CCCN(C(=O)OC(C)(C)C)C4)C3)c2s1. The van der Waals surface area contributed by atoms with Crippen LogP contribution in [-0.4, -0.2) is 90.5 Å². The van der Waals surface area contributed by atoms with Crippen molar-refractivity contribution in [2.24, 2.45) is 5.41 Å². The number of benzene rings is 1. The number of likely N-dealkylation sites (tertiary alicyclic amines) is 1. The van der Waals surface area contributed by atoms with Crippen molar-refractivity contribution in [1.29, 1.82) is 0 Å². The van der Waals surface area contributed by atoms with Gasteiger partial charge in [-0.3, -0.25) is 0 Å². The number of hydrogen-bond acceptors (Lipinski definition) is 8. The molecule has 0 radical (unpaired) electrons. The van der Waals surface area contributed by atoms with Gasteiger partial charge in [0.05, 0.1) is 21.6 Å². The van der Waals surface area contributed by atoms with Crippen LogP contribution in [0.1, 0.15) is 65.7 Å². The molecule has 0 aliphatic carbocycles. The van der Waals surface area contributed by atoms with Crippen molar-refractivity contribution < 1.29 is 19.1 Å². The number of pyridine rings is 1. The second-order valence-electron chi connectivity index (χ2n) is 15.3. The number of hydrogen-bond donors (Lipinski definition) is 0. The van der Waals surface area contributed by atoms with Crippen molar-refractivity contribution in [3.63, 3.8) is 0 Å². The van der Waals surface area contributed by atoms with Gasteiger partial charge in [0.1, 0.15) is 11.2 Å². The predicted molar refractivity (Wildman–Crippen MR) is 186 cm³/mol. The smallest absolute Gasteiger partial charge is 0.410 e. The fraction of sp³-hybridized carbons (Fsp3) is 0.583. The van der Waals surface area contributed by atoms with E-state index in [4.69, 9.17) is 14.5 Å². The highest BCUT2D eigenvalue weighted by molar-refractivity contribution is 7.19. The van der Waals surface area contributed by atoms with Gasteiger partial charge in [-0.25, -0.2) is 14.6 Å². The van der Waals surface area contributed by atoms with Gasteiger partial charge in [-0.05, 0) is 92.0 Å². The molecule has 6 rings (SSSR count). The summed E-state index contributed by atoms with van der Waals surface area (Å²) in [6.07, 6.45) is 2.76. The van der Waals surface area contributed by atoms with Crippen LogP contribution in [0.15, 0.2) is 36.4 Å². The molecule has 0 N–H and O–H groups in total. The Hall–Kier alpha value is -3.53. The summed E-state index contributed by atoms with van der Waals surface area (Å²) in [4.78, 5) is 40.4. The van der Waals surface area contributed by atoms with Crippen molar-refractivity contribution in [2.45, 2.75) is 78.9 Å². The number of aryl methyl sites for hydroxylation is 1.